The van der Waals surface area contributed by atoms with Crippen LogP contribution in [0.2, 0.25) is 0 Å². The van der Waals surface area contributed by atoms with Gasteiger partial charge in [-0.05, 0) is 50.7 Å². The van der Waals surface area contributed by atoms with E-state index >= 15 is 0 Å². The summed E-state index contributed by atoms with van der Waals surface area (Å²) in [5.74, 6) is 2.00. The van der Waals surface area contributed by atoms with Crippen molar-refractivity contribution in [2.24, 2.45) is 5.41 Å². The van der Waals surface area contributed by atoms with Crippen LogP contribution in [0.5, 0.6) is 0 Å². The number of carbonyl (C=O) groups is 1. The number of thioether (sulfide) groups is 1. The lowest BCUT2D eigenvalue weighted by Gasteiger charge is -2.36. The molecule has 0 bridgehead atoms. The molecule has 16 heavy (non-hydrogen) atoms. The summed E-state index contributed by atoms with van der Waals surface area (Å²) in [4.78, 5) is 12.1. The Morgan fingerprint density at radius 2 is 2.06 bits per heavy atom. The minimum Gasteiger partial charge on any atom is -0.454 e. The summed E-state index contributed by atoms with van der Waals surface area (Å²) in [6, 6.07) is 0. The van der Waals surface area contributed by atoms with Gasteiger partial charge in [0.2, 0.25) is 0 Å². The molecule has 1 aliphatic heterocycles. The topological polar surface area (TPSA) is 26.3 Å². The Morgan fingerprint density at radius 1 is 1.50 bits per heavy atom. The normalized spacial score (nSPS) is 20.2. The van der Waals surface area contributed by atoms with Gasteiger partial charge in [-0.1, -0.05) is 13.5 Å². The van der Waals surface area contributed by atoms with E-state index in [0.717, 1.165) is 30.8 Å². The van der Waals surface area contributed by atoms with Crippen molar-refractivity contribution >= 4 is 17.7 Å². The second kappa shape index (κ2) is 5.26. The first kappa shape index (κ1) is 13.6. The largest absolute Gasteiger partial charge is 0.454 e. The third kappa shape index (κ3) is 3.03. The van der Waals surface area contributed by atoms with Gasteiger partial charge >= 0.3 is 5.97 Å². The van der Waals surface area contributed by atoms with E-state index in [1.54, 1.807) is 0 Å². The zero-order valence-corrected chi connectivity index (χ0v) is 11.4. The second-order valence-electron chi connectivity index (χ2n) is 5.01. The maximum Gasteiger partial charge on any atom is 0.312 e. The highest BCUT2D eigenvalue weighted by atomic mass is 32.2. The van der Waals surface area contributed by atoms with E-state index in [2.05, 4.69) is 6.58 Å². The summed E-state index contributed by atoms with van der Waals surface area (Å²) >= 11 is 1.91. The van der Waals surface area contributed by atoms with E-state index in [1.165, 1.54) is 0 Å². The molecule has 0 N–H and O–H groups in total. The highest BCUT2D eigenvalue weighted by molar-refractivity contribution is 7.99. The molecule has 1 heterocycles. The highest BCUT2D eigenvalue weighted by Gasteiger charge is 2.37. The second-order valence-corrected chi connectivity index (χ2v) is 6.23. The Labute approximate surface area is 103 Å². The third-order valence-corrected chi connectivity index (χ3v) is 4.43. The molecule has 0 saturated carbocycles. The molecule has 92 valence electrons. The van der Waals surface area contributed by atoms with Gasteiger partial charge in [-0.2, -0.15) is 11.8 Å². The molecule has 0 amide bonds. The number of rotatable bonds is 4. The molecule has 0 aliphatic carbocycles. The van der Waals surface area contributed by atoms with Crippen molar-refractivity contribution in [3.8, 4) is 0 Å². The Balaban J connectivity index is 2.69. The predicted octanol–water partition coefficient (Wildman–Crippen LogP) is 3.42. The van der Waals surface area contributed by atoms with Gasteiger partial charge in [0.25, 0.3) is 0 Å². The zero-order valence-electron chi connectivity index (χ0n) is 10.5. The van der Waals surface area contributed by atoms with Gasteiger partial charge in [0.1, 0.15) is 5.60 Å². The van der Waals surface area contributed by atoms with Crippen molar-refractivity contribution in [1.29, 1.82) is 0 Å². The molecule has 0 spiro atoms. The molecule has 0 radical (unpaired) electrons. The van der Waals surface area contributed by atoms with Gasteiger partial charge in [0, 0.05) is 0 Å². The minimum absolute atomic E-state index is 0.0956. The Hall–Kier alpha value is -0.440. The van der Waals surface area contributed by atoms with E-state index in [9.17, 15) is 4.79 Å². The monoisotopic (exact) mass is 242 g/mol. The van der Waals surface area contributed by atoms with Crippen LogP contribution >= 0.6 is 11.8 Å². The van der Waals surface area contributed by atoms with Crippen LogP contribution in [-0.4, -0.2) is 23.1 Å². The molecule has 2 nitrogen and oxygen atoms in total. The molecule has 0 unspecified atom stereocenters. The number of carbonyl (C=O) groups excluding carboxylic acids is 1. The minimum atomic E-state index is -0.408. The average Bonchev–Trinajstić information content (AvgIpc) is 2.30. The Morgan fingerprint density at radius 3 is 2.50 bits per heavy atom. The van der Waals surface area contributed by atoms with E-state index in [4.69, 9.17) is 4.74 Å². The van der Waals surface area contributed by atoms with Crippen molar-refractivity contribution in [3.63, 3.8) is 0 Å². The number of esters is 1. The lowest BCUT2D eigenvalue weighted by molar-refractivity contribution is -0.166. The summed E-state index contributed by atoms with van der Waals surface area (Å²) in [5, 5.41) is 0. The van der Waals surface area contributed by atoms with Crippen LogP contribution < -0.4 is 0 Å². The van der Waals surface area contributed by atoms with Crippen LogP contribution in [0.25, 0.3) is 0 Å². The number of hydrogen-bond donors (Lipinski definition) is 0. The van der Waals surface area contributed by atoms with Crippen LogP contribution in [0.15, 0.2) is 12.7 Å². The van der Waals surface area contributed by atoms with E-state index in [-0.39, 0.29) is 11.4 Å². The Kier molecular flexibility index (Phi) is 4.48. The van der Waals surface area contributed by atoms with Crippen molar-refractivity contribution < 1.29 is 9.53 Å². The zero-order chi connectivity index (χ0) is 12.2. The van der Waals surface area contributed by atoms with Gasteiger partial charge in [-0.15, -0.1) is 0 Å². The molecule has 0 aromatic carbocycles. The van der Waals surface area contributed by atoms with Crippen molar-refractivity contribution in [3.05, 3.63) is 12.7 Å². The molecule has 1 aliphatic rings. The average molecular weight is 242 g/mol. The molecule has 1 rings (SSSR count). The lowest BCUT2D eigenvalue weighted by atomic mass is 9.89. The van der Waals surface area contributed by atoms with Gasteiger partial charge in [-0.3, -0.25) is 4.79 Å². The molecule has 0 aromatic rings. The maximum atomic E-state index is 12.1. The van der Waals surface area contributed by atoms with E-state index in [1.807, 2.05) is 38.6 Å². The molecule has 0 aromatic heterocycles. The number of ether oxygens (including phenoxy) is 1. The number of hydrogen-bond acceptors (Lipinski definition) is 3. The molecular formula is C13H22O2S. The standard InChI is InChI=1S/C13H22O2S/c1-5-12(3,4)11(14)15-13(6-2)7-9-16-10-8-13/h6H,2,5,7-10H2,1,3-4H3. The predicted molar refractivity (Wildman–Crippen MR) is 69.7 cm³/mol. The fraction of sp³-hybridized carbons (Fsp3) is 0.769. The fourth-order valence-electron chi connectivity index (χ4n) is 1.53. The first-order valence-electron chi connectivity index (χ1n) is 5.90. The molecule has 1 saturated heterocycles. The lowest BCUT2D eigenvalue weighted by Crippen LogP contribution is -2.40. The molecule has 0 atom stereocenters. The van der Waals surface area contributed by atoms with Crippen LogP contribution in [0, 0.1) is 5.41 Å². The van der Waals surface area contributed by atoms with Crippen LogP contribution in [0.3, 0.4) is 0 Å². The van der Waals surface area contributed by atoms with Crippen molar-refractivity contribution in [1.82, 2.24) is 0 Å². The summed E-state index contributed by atoms with van der Waals surface area (Å²) < 4.78 is 5.71. The summed E-state index contributed by atoms with van der Waals surface area (Å²) in [6.45, 7) is 9.71. The highest BCUT2D eigenvalue weighted by Crippen LogP contribution is 2.34. The molecule has 1 fully saturated rings. The quantitative estimate of drug-likeness (QED) is 0.558. The summed E-state index contributed by atoms with van der Waals surface area (Å²) in [5.41, 5.74) is -0.796. The first-order chi connectivity index (χ1) is 7.46. The van der Waals surface area contributed by atoms with Crippen LogP contribution in [-0.2, 0) is 9.53 Å². The van der Waals surface area contributed by atoms with E-state index < -0.39 is 5.60 Å². The summed E-state index contributed by atoms with van der Waals surface area (Å²) in [6.07, 6.45) is 4.41. The van der Waals surface area contributed by atoms with Gasteiger partial charge in [0.05, 0.1) is 5.41 Å². The van der Waals surface area contributed by atoms with Gasteiger partial charge < -0.3 is 4.74 Å². The fourth-order valence-corrected chi connectivity index (χ4v) is 2.72. The van der Waals surface area contributed by atoms with E-state index in [0.29, 0.717) is 0 Å². The third-order valence-electron chi connectivity index (χ3n) is 3.44. The van der Waals surface area contributed by atoms with Gasteiger partial charge in [-0.25, -0.2) is 0 Å². The molecule has 3 heteroatoms. The van der Waals surface area contributed by atoms with Crippen molar-refractivity contribution in [2.45, 2.75) is 45.6 Å². The first-order valence-corrected chi connectivity index (χ1v) is 7.06. The van der Waals surface area contributed by atoms with Crippen LogP contribution in [0.4, 0.5) is 0 Å². The van der Waals surface area contributed by atoms with Crippen molar-refractivity contribution in [2.75, 3.05) is 11.5 Å². The van der Waals surface area contributed by atoms with Gasteiger partial charge in [0.15, 0.2) is 0 Å². The Bertz CT molecular complexity index is 265. The smallest absolute Gasteiger partial charge is 0.312 e. The SMILES string of the molecule is C=CC1(OC(=O)C(C)(C)CC)CCSCC1. The summed E-state index contributed by atoms with van der Waals surface area (Å²) in [7, 11) is 0. The maximum absolute atomic E-state index is 12.1. The van der Waals surface area contributed by atoms with Crippen LogP contribution in [0.1, 0.15) is 40.0 Å². The molecular weight excluding hydrogens is 220 g/mol.